The quantitative estimate of drug-likeness (QED) is 0.772. The minimum Gasteiger partial charge on any atom is -0.464 e. The zero-order chi connectivity index (χ0) is 13.9. The summed E-state index contributed by atoms with van der Waals surface area (Å²) in [5.41, 5.74) is 2.62. The fraction of sp³-hybridized carbons (Fsp3) is 0.176. The van der Waals surface area contributed by atoms with Crippen molar-refractivity contribution in [3.63, 3.8) is 0 Å². The minimum atomic E-state index is -0.166. The highest BCUT2D eigenvalue weighted by atomic mass is 19.1. The molecule has 1 N–H and O–H groups in total. The van der Waals surface area contributed by atoms with E-state index in [9.17, 15) is 4.39 Å². The second kappa shape index (κ2) is 5.47. The summed E-state index contributed by atoms with van der Waals surface area (Å²) >= 11 is 0. The van der Waals surface area contributed by atoms with Gasteiger partial charge in [-0.1, -0.05) is 36.4 Å². The van der Waals surface area contributed by atoms with Crippen LogP contribution in [0, 0.1) is 5.82 Å². The molecule has 3 aromatic rings. The zero-order valence-electron chi connectivity index (χ0n) is 11.3. The van der Waals surface area contributed by atoms with Crippen molar-refractivity contribution in [2.45, 2.75) is 12.5 Å². The number of benzene rings is 2. The third kappa shape index (κ3) is 2.32. The van der Waals surface area contributed by atoms with E-state index in [-0.39, 0.29) is 11.9 Å². The molecule has 0 aliphatic heterocycles. The third-order valence-electron chi connectivity index (χ3n) is 3.62. The average molecular weight is 269 g/mol. The zero-order valence-corrected chi connectivity index (χ0v) is 11.3. The Balaban J connectivity index is 1.96. The number of hydrogen-bond donors (Lipinski definition) is 1. The maximum absolute atomic E-state index is 13.8. The van der Waals surface area contributed by atoms with Crippen LogP contribution in [-0.4, -0.2) is 7.05 Å². The molecule has 3 rings (SSSR count). The molecule has 0 bridgehead atoms. The molecule has 0 saturated carbocycles. The highest BCUT2D eigenvalue weighted by molar-refractivity contribution is 5.81. The van der Waals surface area contributed by atoms with Crippen molar-refractivity contribution in [3.8, 4) is 0 Å². The van der Waals surface area contributed by atoms with E-state index in [2.05, 4.69) is 5.32 Å². The first-order valence-electron chi connectivity index (χ1n) is 6.66. The summed E-state index contributed by atoms with van der Waals surface area (Å²) in [7, 11) is 1.88. The van der Waals surface area contributed by atoms with Gasteiger partial charge in [0.05, 0.1) is 6.26 Å². The van der Waals surface area contributed by atoms with Crippen molar-refractivity contribution >= 4 is 11.0 Å². The number of likely N-dealkylation sites (N-methyl/N-ethyl adjacent to an activating group) is 1. The molecular weight excluding hydrogens is 253 g/mol. The van der Waals surface area contributed by atoms with E-state index < -0.39 is 0 Å². The number of para-hydroxylation sites is 1. The van der Waals surface area contributed by atoms with Crippen molar-refractivity contribution in [1.82, 2.24) is 5.32 Å². The maximum Gasteiger partial charge on any atom is 0.134 e. The summed E-state index contributed by atoms with van der Waals surface area (Å²) in [5.74, 6) is -0.166. The first-order valence-corrected chi connectivity index (χ1v) is 6.66. The summed E-state index contributed by atoms with van der Waals surface area (Å²) < 4.78 is 19.4. The molecule has 0 aliphatic rings. The van der Waals surface area contributed by atoms with Crippen LogP contribution in [0.1, 0.15) is 17.2 Å². The van der Waals surface area contributed by atoms with Crippen LogP contribution >= 0.6 is 0 Å². The van der Waals surface area contributed by atoms with Crippen LogP contribution in [0.25, 0.3) is 11.0 Å². The van der Waals surface area contributed by atoms with Gasteiger partial charge in [0.2, 0.25) is 0 Å². The van der Waals surface area contributed by atoms with Crippen LogP contribution in [0.15, 0.2) is 59.2 Å². The van der Waals surface area contributed by atoms with Crippen LogP contribution in [0.2, 0.25) is 0 Å². The van der Waals surface area contributed by atoms with Crippen LogP contribution in [0.5, 0.6) is 0 Å². The van der Waals surface area contributed by atoms with E-state index >= 15 is 0 Å². The highest BCUT2D eigenvalue weighted by Crippen LogP contribution is 2.28. The summed E-state index contributed by atoms with van der Waals surface area (Å²) in [5, 5.41) is 4.32. The van der Waals surface area contributed by atoms with Crippen LogP contribution in [-0.2, 0) is 6.42 Å². The number of furan rings is 1. The van der Waals surface area contributed by atoms with E-state index in [1.54, 1.807) is 12.3 Å². The molecule has 0 spiro atoms. The fourth-order valence-corrected chi connectivity index (χ4v) is 2.52. The second-order valence-corrected chi connectivity index (χ2v) is 4.82. The Bertz CT molecular complexity index is 720. The Morgan fingerprint density at radius 2 is 1.85 bits per heavy atom. The fourth-order valence-electron chi connectivity index (χ4n) is 2.52. The van der Waals surface area contributed by atoms with Crippen LogP contribution < -0.4 is 5.32 Å². The van der Waals surface area contributed by atoms with Crippen molar-refractivity contribution in [3.05, 3.63) is 71.7 Å². The molecule has 1 unspecified atom stereocenters. The summed E-state index contributed by atoms with van der Waals surface area (Å²) in [4.78, 5) is 0. The number of rotatable bonds is 4. The largest absolute Gasteiger partial charge is 0.464 e. The van der Waals surface area contributed by atoms with E-state index in [1.165, 1.54) is 6.07 Å². The second-order valence-electron chi connectivity index (χ2n) is 4.82. The number of hydrogen-bond acceptors (Lipinski definition) is 2. The van der Waals surface area contributed by atoms with Crippen molar-refractivity contribution < 1.29 is 8.81 Å². The summed E-state index contributed by atoms with van der Waals surface area (Å²) in [6, 6.07) is 14.8. The first kappa shape index (κ1) is 12.9. The molecule has 0 fully saturated rings. The number of nitrogens with one attached hydrogen (secondary N) is 1. The molecule has 0 aliphatic carbocycles. The lowest BCUT2D eigenvalue weighted by Crippen LogP contribution is -2.19. The van der Waals surface area contributed by atoms with Crippen LogP contribution in [0.4, 0.5) is 4.39 Å². The molecule has 3 heteroatoms. The Labute approximate surface area is 117 Å². The molecule has 2 aromatic carbocycles. The lowest BCUT2D eigenvalue weighted by Gasteiger charge is -2.15. The third-order valence-corrected chi connectivity index (χ3v) is 3.62. The van der Waals surface area contributed by atoms with Gasteiger partial charge in [-0.15, -0.1) is 0 Å². The average Bonchev–Trinajstić information content (AvgIpc) is 2.90. The van der Waals surface area contributed by atoms with Gasteiger partial charge < -0.3 is 9.73 Å². The maximum atomic E-state index is 13.8. The summed E-state index contributed by atoms with van der Waals surface area (Å²) in [6.07, 6.45) is 2.35. The topological polar surface area (TPSA) is 25.2 Å². The van der Waals surface area contributed by atoms with Gasteiger partial charge >= 0.3 is 0 Å². The van der Waals surface area contributed by atoms with Crippen molar-refractivity contribution in [1.29, 1.82) is 0 Å². The van der Waals surface area contributed by atoms with Gasteiger partial charge in [0.1, 0.15) is 11.4 Å². The van der Waals surface area contributed by atoms with Crippen LogP contribution in [0.3, 0.4) is 0 Å². The van der Waals surface area contributed by atoms with E-state index in [4.69, 9.17) is 4.42 Å². The van der Waals surface area contributed by atoms with Crippen molar-refractivity contribution in [2.75, 3.05) is 7.05 Å². The van der Waals surface area contributed by atoms with E-state index in [0.29, 0.717) is 12.0 Å². The molecule has 0 radical (unpaired) electrons. The Morgan fingerprint density at radius 1 is 1.10 bits per heavy atom. The number of fused-ring (bicyclic) bond motifs is 1. The predicted octanol–water partition coefficient (Wildman–Crippen LogP) is 4.08. The molecule has 102 valence electrons. The lowest BCUT2D eigenvalue weighted by molar-refractivity contribution is 0.542. The number of halogens is 1. The predicted molar refractivity (Wildman–Crippen MR) is 78.1 cm³/mol. The smallest absolute Gasteiger partial charge is 0.134 e. The molecular formula is C17H16FNO. The molecule has 2 nitrogen and oxygen atoms in total. The van der Waals surface area contributed by atoms with Gasteiger partial charge in [-0.2, -0.15) is 0 Å². The molecule has 1 heterocycles. The lowest BCUT2D eigenvalue weighted by atomic mass is 9.98. The Morgan fingerprint density at radius 3 is 2.65 bits per heavy atom. The summed E-state index contributed by atoms with van der Waals surface area (Å²) in [6.45, 7) is 0. The normalized spacial score (nSPS) is 12.7. The van der Waals surface area contributed by atoms with Gasteiger partial charge in [-0.3, -0.25) is 0 Å². The molecule has 20 heavy (non-hydrogen) atoms. The van der Waals surface area contributed by atoms with Crippen molar-refractivity contribution in [2.24, 2.45) is 0 Å². The molecule has 0 saturated heterocycles. The van der Waals surface area contributed by atoms with Gasteiger partial charge in [0.15, 0.2) is 0 Å². The van der Waals surface area contributed by atoms with Gasteiger partial charge in [-0.25, -0.2) is 4.39 Å². The molecule has 0 amide bonds. The monoisotopic (exact) mass is 269 g/mol. The minimum absolute atomic E-state index is 0.0237. The van der Waals surface area contributed by atoms with Gasteiger partial charge in [-0.05, 0) is 31.2 Å². The Kier molecular flexibility index (Phi) is 3.52. The molecule has 1 aromatic heterocycles. The standard InChI is InChI=1S/C17H16FNO/c1-19-16(10-12-6-2-4-8-15(12)18)14-11-20-17-9-5-3-7-13(14)17/h2-9,11,16,19H,10H2,1H3. The molecule has 1 atom stereocenters. The van der Waals surface area contributed by atoms with E-state index in [0.717, 1.165) is 16.5 Å². The van der Waals surface area contributed by atoms with Gasteiger partial charge in [0, 0.05) is 17.0 Å². The first-order chi connectivity index (χ1) is 9.79. The van der Waals surface area contributed by atoms with E-state index in [1.807, 2.05) is 43.4 Å². The van der Waals surface area contributed by atoms with Gasteiger partial charge in [0.25, 0.3) is 0 Å². The Hall–Kier alpha value is -2.13. The highest BCUT2D eigenvalue weighted by Gasteiger charge is 2.17. The SMILES string of the molecule is CNC(Cc1ccccc1F)c1coc2ccccc12.